The Morgan fingerprint density at radius 2 is 1.50 bits per heavy atom. The number of hydrogen-bond donors (Lipinski definition) is 1. The largest absolute Gasteiger partial charge is 0.456 e. The number of carbonyl (C=O) groups is 2. The van der Waals surface area contributed by atoms with Gasteiger partial charge in [-0.1, -0.05) is 24.3 Å². The number of amides is 1. The predicted octanol–water partition coefficient (Wildman–Crippen LogP) is 5.72. The fraction of sp³-hybridized carbons (Fsp3) is 0.259. The first-order chi connectivity index (χ1) is 19.6. The third kappa shape index (κ3) is 7.07. The summed E-state index contributed by atoms with van der Waals surface area (Å²) in [5.41, 5.74) is -2.88. The van der Waals surface area contributed by atoms with E-state index in [1.54, 1.807) is 24.3 Å². The van der Waals surface area contributed by atoms with E-state index in [9.17, 15) is 48.7 Å². The normalized spacial score (nSPS) is 16.0. The van der Waals surface area contributed by atoms with Gasteiger partial charge in [-0.3, -0.25) is 9.59 Å². The molecule has 1 heterocycles. The van der Waals surface area contributed by atoms with E-state index in [0.717, 1.165) is 34.1 Å². The number of halogens is 7. The number of hydrogen-bond acceptors (Lipinski definition) is 5. The van der Waals surface area contributed by atoms with Crippen LogP contribution in [-0.4, -0.2) is 37.8 Å². The average molecular weight is 619 g/mol. The zero-order chi connectivity index (χ0) is 30.9. The highest BCUT2D eigenvalue weighted by molar-refractivity contribution is 7.89. The number of carbonyl (C=O) groups excluding carboxylic acids is 2. The molecule has 224 valence electrons. The summed E-state index contributed by atoms with van der Waals surface area (Å²) < 4.78 is 125. The maximum atomic E-state index is 13.4. The number of nitrogens with one attached hydrogen (secondary N) is 1. The molecule has 1 atom stereocenters. The molecule has 0 saturated heterocycles. The molecule has 1 aliphatic heterocycles. The second-order valence-electron chi connectivity index (χ2n) is 9.24. The van der Waals surface area contributed by atoms with Crippen molar-refractivity contribution in [3.05, 3.63) is 94.8 Å². The van der Waals surface area contributed by atoms with Gasteiger partial charge >= 0.3 is 18.3 Å². The number of esters is 1. The van der Waals surface area contributed by atoms with Crippen molar-refractivity contribution in [2.75, 3.05) is 18.5 Å². The van der Waals surface area contributed by atoms with Crippen LogP contribution in [0.25, 0.3) is 0 Å². The lowest BCUT2D eigenvalue weighted by Gasteiger charge is -2.36. The molecular formula is C27H21F7N2O5S. The second kappa shape index (κ2) is 11.7. The van der Waals surface area contributed by atoms with Crippen molar-refractivity contribution in [1.29, 1.82) is 0 Å². The Hall–Kier alpha value is -3.98. The molecule has 42 heavy (non-hydrogen) atoms. The molecule has 15 heteroatoms. The summed E-state index contributed by atoms with van der Waals surface area (Å²) in [4.78, 5) is 24.8. The van der Waals surface area contributed by atoms with Gasteiger partial charge in [0.15, 0.2) is 6.61 Å². The van der Waals surface area contributed by atoms with Gasteiger partial charge in [-0.25, -0.2) is 12.8 Å². The van der Waals surface area contributed by atoms with Gasteiger partial charge in [-0.2, -0.15) is 30.6 Å². The number of sulfonamides is 1. The fourth-order valence-corrected chi connectivity index (χ4v) is 6.06. The van der Waals surface area contributed by atoms with E-state index in [2.05, 4.69) is 0 Å². The minimum atomic E-state index is -5.14. The Labute approximate surface area is 234 Å². The van der Waals surface area contributed by atoms with Crippen LogP contribution in [-0.2, 0) is 43.1 Å². The standard InChI is InChI=1S/C27H21F7N2O5S/c28-19-5-7-21(8-6-19)42(39,40)36-10-9-16-3-1-2-4-22(16)23(36)14-25(38)41-15-24(37)35-20-12-17(26(29,30)31)11-18(13-20)27(32,33)34/h1-8,11-13,23H,9-10,14-15H2,(H,35,37)/t23-/m1/s1. The van der Waals surface area contributed by atoms with Crippen molar-refractivity contribution in [3.8, 4) is 0 Å². The molecule has 0 aromatic heterocycles. The van der Waals surface area contributed by atoms with Crippen molar-refractivity contribution in [2.45, 2.75) is 36.1 Å². The van der Waals surface area contributed by atoms with Crippen molar-refractivity contribution >= 4 is 27.6 Å². The van der Waals surface area contributed by atoms with Crippen LogP contribution in [0.5, 0.6) is 0 Å². The first kappa shape index (κ1) is 31.0. The van der Waals surface area contributed by atoms with Crippen LogP contribution in [0, 0.1) is 5.82 Å². The lowest BCUT2D eigenvalue weighted by molar-refractivity contribution is -0.148. The van der Waals surface area contributed by atoms with Crippen molar-refractivity contribution in [1.82, 2.24) is 4.31 Å². The van der Waals surface area contributed by atoms with Gasteiger partial charge in [0.25, 0.3) is 5.91 Å². The van der Waals surface area contributed by atoms with Crippen LogP contribution < -0.4 is 5.32 Å². The van der Waals surface area contributed by atoms with Gasteiger partial charge in [0, 0.05) is 12.2 Å². The van der Waals surface area contributed by atoms with E-state index in [0.29, 0.717) is 24.1 Å². The van der Waals surface area contributed by atoms with Crippen LogP contribution in [0.3, 0.4) is 0 Å². The van der Waals surface area contributed by atoms with Crippen LogP contribution in [0.4, 0.5) is 36.4 Å². The molecular weight excluding hydrogens is 597 g/mol. The highest BCUT2D eigenvalue weighted by atomic mass is 32.2. The summed E-state index contributed by atoms with van der Waals surface area (Å²) in [7, 11) is -4.22. The molecule has 0 radical (unpaired) electrons. The van der Waals surface area contributed by atoms with Crippen molar-refractivity contribution < 1.29 is 53.5 Å². The number of rotatable bonds is 7. The van der Waals surface area contributed by atoms with E-state index in [1.165, 1.54) is 0 Å². The average Bonchev–Trinajstić information content (AvgIpc) is 2.91. The molecule has 1 aliphatic rings. The summed E-state index contributed by atoms with van der Waals surface area (Å²) in [6, 6.07) is 10.2. The highest BCUT2D eigenvalue weighted by Gasteiger charge is 2.39. The minimum Gasteiger partial charge on any atom is -0.456 e. The molecule has 0 aliphatic carbocycles. The number of fused-ring (bicyclic) bond motifs is 1. The summed E-state index contributed by atoms with van der Waals surface area (Å²) >= 11 is 0. The zero-order valence-electron chi connectivity index (χ0n) is 21.3. The van der Waals surface area contributed by atoms with E-state index in [4.69, 9.17) is 4.74 Å². The van der Waals surface area contributed by atoms with Gasteiger partial charge in [0.2, 0.25) is 10.0 Å². The highest BCUT2D eigenvalue weighted by Crippen LogP contribution is 2.38. The molecule has 3 aromatic carbocycles. The number of alkyl halides is 6. The lowest BCUT2D eigenvalue weighted by Crippen LogP contribution is -2.41. The van der Waals surface area contributed by atoms with E-state index in [-0.39, 0.29) is 17.5 Å². The summed E-state index contributed by atoms with van der Waals surface area (Å²) in [5.74, 6) is -2.95. The Balaban J connectivity index is 1.50. The Morgan fingerprint density at radius 3 is 2.10 bits per heavy atom. The molecule has 0 saturated carbocycles. The first-order valence-corrected chi connectivity index (χ1v) is 13.6. The minimum absolute atomic E-state index is 0.0355. The van der Waals surface area contributed by atoms with Gasteiger partial charge in [0.05, 0.1) is 28.5 Å². The summed E-state index contributed by atoms with van der Waals surface area (Å²) in [6.45, 7) is -1.11. The van der Waals surface area contributed by atoms with Crippen LogP contribution in [0.2, 0.25) is 0 Å². The maximum absolute atomic E-state index is 13.4. The molecule has 4 rings (SSSR count). The third-order valence-corrected chi connectivity index (χ3v) is 8.30. The molecule has 7 nitrogen and oxygen atoms in total. The van der Waals surface area contributed by atoms with E-state index < -0.39 is 76.0 Å². The first-order valence-electron chi connectivity index (χ1n) is 12.2. The SMILES string of the molecule is O=C(COC(=O)C[C@@H]1c2ccccc2CCN1S(=O)(=O)c1ccc(F)cc1)Nc1cc(C(F)(F)F)cc(C(F)(F)F)c1. The quantitative estimate of drug-likeness (QED) is 0.270. The zero-order valence-corrected chi connectivity index (χ0v) is 22.1. The van der Waals surface area contributed by atoms with Crippen molar-refractivity contribution in [2.24, 2.45) is 0 Å². The summed E-state index contributed by atoms with van der Waals surface area (Å²) in [6.07, 6.45) is -10.5. The second-order valence-corrected chi connectivity index (χ2v) is 11.1. The Kier molecular flexibility index (Phi) is 8.64. The number of ether oxygens (including phenoxy) is 1. The molecule has 0 bridgehead atoms. The third-order valence-electron chi connectivity index (χ3n) is 6.38. The smallest absolute Gasteiger partial charge is 0.416 e. The molecule has 0 fully saturated rings. The molecule has 3 aromatic rings. The van der Waals surface area contributed by atoms with Crippen LogP contribution in [0.1, 0.15) is 34.7 Å². The molecule has 0 unspecified atom stereocenters. The number of benzene rings is 3. The van der Waals surface area contributed by atoms with Crippen molar-refractivity contribution in [3.63, 3.8) is 0 Å². The Bertz CT molecular complexity index is 1560. The topological polar surface area (TPSA) is 92.8 Å². The van der Waals surface area contributed by atoms with E-state index in [1.807, 2.05) is 5.32 Å². The van der Waals surface area contributed by atoms with Gasteiger partial charge in [0.1, 0.15) is 5.82 Å². The fourth-order valence-electron chi connectivity index (χ4n) is 4.46. The predicted molar refractivity (Wildman–Crippen MR) is 134 cm³/mol. The van der Waals surface area contributed by atoms with Gasteiger partial charge in [-0.15, -0.1) is 0 Å². The van der Waals surface area contributed by atoms with Crippen LogP contribution in [0.15, 0.2) is 71.6 Å². The Morgan fingerprint density at radius 1 is 0.905 bits per heavy atom. The summed E-state index contributed by atoms with van der Waals surface area (Å²) in [5, 5.41) is 1.85. The molecule has 1 N–H and O–H groups in total. The van der Waals surface area contributed by atoms with Gasteiger partial charge < -0.3 is 10.1 Å². The maximum Gasteiger partial charge on any atom is 0.416 e. The number of nitrogens with zero attached hydrogens (tertiary/aromatic N) is 1. The van der Waals surface area contributed by atoms with Crippen LogP contribution >= 0.6 is 0 Å². The number of anilines is 1. The monoisotopic (exact) mass is 618 g/mol. The molecule has 1 amide bonds. The molecule has 0 spiro atoms. The van der Waals surface area contributed by atoms with Gasteiger partial charge in [-0.05, 0) is 60.0 Å². The lowest BCUT2D eigenvalue weighted by atomic mass is 9.92. The van der Waals surface area contributed by atoms with E-state index >= 15 is 0 Å².